The van der Waals surface area contributed by atoms with Gasteiger partial charge in [-0.2, -0.15) is 0 Å². The summed E-state index contributed by atoms with van der Waals surface area (Å²) in [7, 11) is 1.44. The van der Waals surface area contributed by atoms with Crippen LogP contribution in [-0.4, -0.2) is 24.1 Å². The molecule has 1 aliphatic carbocycles. The topological polar surface area (TPSA) is 51.2 Å². The number of aromatic nitrogens is 1. The number of fused-ring (bicyclic) bond motifs is 1. The van der Waals surface area contributed by atoms with Crippen molar-refractivity contribution < 1.29 is 9.53 Å². The van der Waals surface area contributed by atoms with Crippen molar-refractivity contribution in [2.75, 3.05) is 7.11 Å². The molecule has 3 rings (SSSR count). The average molecular weight is 294 g/mol. The first-order chi connectivity index (χ1) is 9.76. The third kappa shape index (κ3) is 3.04. The van der Waals surface area contributed by atoms with E-state index in [4.69, 9.17) is 0 Å². The zero-order chi connectivity index (χ0) is 13.9. The number of aryl methyl sites for hydroxylation is 1. The Morgan fingerprint density at radius 2 is 2.35 bits per heavy atom. The molecule has 1 aliphatic heterocycles. The van der Waals surface area contributed by atoms with Crippen LogP contribution in [0.2, 0.25) is 0 Å². The van der Waals surface area contributed by atoms with E-state index in [1.54, 1.807) is 11.3 Å². The Morgan fingerprint density at radius 3 is 3.15 bits per heavy atom. The second-order valence-corrected chi connectivity index (χ2v) is 6.99. The zero-order valence-electron chi connectivity index (χ0n) is 11.9. The van der Waals surface area contributed by atoms with Crippen molar-refractivity contribution in [3.63, 3.8) is 0 Å². The predicted molar refractivity (Wildman–Crippen MR) is 78.7 cm³/mol. The van der Waals surface area contributed by atoms with Gasteiger partial charge in [-0.1, -0.05) is 12.8 Å². The van der Waals surface area contributed by atoms with Gasteiger partial charge in [0.05, 0.1) is 19.6 Å². The number of methoxy groups -OCH3 is 1. The van der Waals surface area contributed by atoms with E-state index >= 15 is 0 Å². The van der Waals surface area contributed by atoms with Gasteiger partial charge in [0.25, 0.3) is 0 Å². The maximum absolute atomic E-state index is 11.2. The second-order valence-electron chi connectivity index (χ2n) is 5.85. The van der Waals surface area contributed by atoms with Crippen molar-refractivity contribution >= 4 is 17.3 Å². The number of rotatable bonds is 4. The highest BCUT2D eigenvalue weighted by atomic mass is 32.1. The van der Waals surface area contributed by atoms with Gasteiger partial charge in [-0.15, -0.1) is 11.3 Å². The van der Waals surface area contributed by atoms with E-state index in [9.17, 15) is 4.79 Å². The molecule has 3 atom stereocenters. The Kier molecular flexibility index (Phi) is 4.36. The van der Waals surface area contributed by atoms with Gasteiger partial charge in [0, 0.05) is 17.1 Å². The van der Waals surface area contributed by atoms with Gasteiger partial charge in [-0.05, 0) is 31.6 Å². The first-order valence-electron chi connectivity index (χ1n) is 7.53. The van der Waals surface area contributed by atoms with E-state index in [1.807, 2.05) is 6.20 Å². The molecule has 20 heavy (non-hydrogen) atoms. The fourth-order valence-electron chi connectivity index (χ4n) is 3.44. The number of carbonyl (C=O) groups is 1. The summed E-state index contributed by atoms with van der Waals surface area (Å²) >= 11 is 1.75. The van der Waals surface area contributed by atoms with Gasteiger partial charge >= 0.3 is 5.97 Å². The summed E-state index contributed by atoms with van der Waals surface area (Å²) in [4.78, 5) is 16.9. The molecule has 110 valence electrons. The van der Waals surface area contributed by atoms with Crippen LogP contribution in [0.4, 0.5) is 0 Å². The molecule has 1 N–H and O–H groups in total. The maximum atomic E-state index is 11.2. The normalized spacial score (nSPS) is 29.1. The smallest absolute Gasteiger partial charge is 0.305 e. The molecule has 5 heteroatoms. The molecular weight excluding hydrogens is 272 g/mol. The molecule has 0 bridgehead atoms. The minimum atomic E-state index is -0.148. The maximum Gasteiger partial charge on any atom is 0.305 e. The van der Waals surface area contributed by atoms with Crippen molar-refractivity contribution in [2.45, 2.75) is 57.0 Å². The first-order valence-corrected chi connectivity index (χ1v) is 8.35. The van der Waals surface area contributed by atoms with Gasteiger partial charge in [0.15, 0.2) is 0 Å². The van der Waals surface area contributed by atoms with Crippen LogP contribution in [0.1, 0.15) is 54.5 Å². The molecular formula is C15H22N2O2S. The highest BCUT2D eigenvalue weighted by molar-refractivity contribution is 7.11. The van der Waals surface area contributed by atoms with Gasteiger partial charge in [0.1, 0.15) is 5.01 Å². The van der Waals surface area contributed by atoms with Crippen molar-refractivity contribution in [3.05, 3.63) is 16.1 Å². The third-order valence-corrected chi connectivity index (χ3v) is 5.71. The Hall–Kier alpha value is -0.940. The van der Waals surface area contributed by atoms with Crippen LogP contribution in [0, 0.1) is 5.92 Å². The van der Waals surface area contributed by atoms with Crippen LogP contribution in [0.3, 0.4) is 0 Å². The lowest BCUT2D eigenvalue weighted by molar-refractivity contribution is -0.140. The Morgan fingerprint density at radius 1 is 1.50 bits per heavy atom. The number of nitrogens with zero attached hydrogens (tertiary/aromatic N) is 1. The van der Waals surface area contributed by atoms with Gasteiger partial charge < -0.3 is 10.1 Å². The Balaban J connectivity index is 1.58. The Labute approximate surface area is 123 Å². The molecule has 0 radical (unpaired) electrons. The lowest BCUT2D eigenvalue weighted by Gasteiger charge is -2.24. The monoisotopic (exact) mass is 294 g/mol. The summed E-state index contributed by atoms with van der Waals surface area (Å²) in [5, 5.41) is 4.95. The fraction of sp³-hybridized carbons (Fsp3) is 0.733. The number of esters is 1. The highest BCUT2D eigenvalue weighted by Gasteiger charge is 2.36. The lowest BCUT2D eigenvalue weighted by Crippen LogP contribution is -2.30. The van der Waals surface area contributed by atoms with Crippen LogP contribution < -0.4 is 5.32 Å². The molecule has 0 spiro atoms. The standard InChI is InChI=1S/C15H22N2O2S/c1-19-14(18)7-6-11-9-16-15(20-11)13-8-10-4-2-3-5-12(10)17-13/h9-10,12-13,17H,2-8H2,1H3/t10-,12-,13-/m0/s1. The summed E-state index contributed by atoms with van der Waals surface area (Å²) in [6.45, 7) is 0. The summed E-state index contributed by atoms with van der Waals surface area (Å²) in [5.41, 5.74) is 0. The molecule has 0 amide bonds. The molecule has 1 aromatic heterocycles. The van der Waals surface area contributed by atoms with Crippen LogP contribution in [0.15, 0.2) is 6.20 Å². The number of ether oxygens (including phenoxy) is 1. The average Bonchev–Trinajstić information content (AvgIpc) is 3.10. The third-order valence-electron chi connectivity index (χ3n) is 4.54. The number of hydrogen-bond donors (Lipinski definition) is 1. The lowest BCUT2D eigenvalue weighted by atomic mass is 9.85. The van der Waals surface area contributed by atoms with Crippen LogP contribution in [-0.2, 0) is 16.0 Å². The zero-order valence-corrected chi connectivity index (χ0v) is 12.7. The van der Waals surface area contributed by atoms with E-state index in [1.165, 1.54) is 49.1 Å². The van der Waals surface area contributed by atoms with Crippen LogP contribution in [0.5, 0.6) is 0 Å². The molecule has 1 saturated heterocycles. The minimum Gasteiger partial charge on any atom is -0.469 e. The summed E-state index contributed by atoms with van der Waals surface area (Å²) in [5.74, 6) is 0.695. The molecule has 1 aromatic rings. The summed E-state index contributed by atoms with van der Waals surface area (Å²) < 4.78 is 4.68. The SMILES string of the molecule is COC(=O)CCc1cnc([C@@H]2C[C@@H]3CCCC[C@@H]3N2)s1. The minimum absolute atomic E-state index is 0.148. The number of hydrogen-bond acceptors (Lipinski definition) is 5. The second kappa shape index (κ2) is 6.22. The highest BCUT2D eigenvalue weighted by Crippen LogP contribution is 2.40. The van der Waals surface area contributed by atoms with Gasteiger partial charge in [-0.3, -0.25) is 4.79 Å². The van der Waals surface area contributed by atoms with Gasteiger partial charge in [0.2, 0.25) is 0 Å². The van der Waals surface area contributed by atoms with Gasteiger partial charge in [-0.25, -0.2) is 4.98 Å². The van der Waals surface area contributed by atoms with E-state index in [2.05, 4.69) is 15.0 Å². The quantitative estimate of drug-likeness (QED) is 0.868. The molecule has 2 heterocycles. The largest absolute Gasteiger partial charge is 0.469 e. The molecule has 0 aromatic carbocycles. The predicted octanol–water partition coefficient (Wildman–Crippen LogP) is 2.84. The van der Waals surface area contributed by atoms with Crippen molar-refractivity contribution in [2.24, 2.45) is 5.92 Å². The van der Waals surface area contributed by atoms with E-state index < -0.39 is 0 Å². The Bertz CT molecular complexity index is 460. The summed E-state index contributed by atoms with van der Waals surface area (Å²) in [6, 6.07) is 1.14. The molecule has 4 nitrogen and oxygen atoms in total. The molecule has 2 fully saturated rings. The van der Waals surface area contributed by atoms with E-state index in [0.717, 1.165) is 12.3 Å². The number of thiazole rings is 1. The van der Waals surface area contributed by atoms with E-state index in [-0.39, 0.29) is 5.97 Å². The first kappa shape index (κ1) is 14.0. The molecule has 1 saturated carbocycles. The summed E-state index contributed by atoms with van der Waals surface area (Å²) in [6.07, 6.45) is 9.78. The van der Waals surface area contributed by atoms with Crippen molar-refractivity contribution in [1.82, 2.24) is 10.3 Å². The fourth-order valence-corrected chi connectivity index (χ4v) is 4.43. The van der Waals surface area contributed by atoms with Crippen molar-refractivity contribution in [1.29, 1.82) is 0 Å². The number of nitrogens with one attached hydrogen (secondary N) is 1. The molecule has 0 unspecified atom stereocenters. The molecule has 2 aliphatic rings. The van der Waals surface area contributed by atoms with Crippen molar-refractivity contribution in [3.8, 4) is 0 Å². The van der Waals surface area contributed by atoms with Crippen LogP contribution >= 0.6 is 11.3 Å². The number of carbonyl (C=O) groups excluding carboxylic acids is 1. The van der Waals surface area contributed by atoms with E-state index in [0.29, 0.717) is 18.5 Å². The van der Waals surface area contributed by atoms with Crippen LogP contribution in [0.25, 0.3) is 0 Å².